The van der Waals surface area contributed by atoms with Crippen molar-refractivity contribution in [2.75, 3.05) is 13.1 Å². The molecule has 0 aliphatic rings. The van der Waals surface area contributed by atoms with Crippen LogP contribution in [0, 0.1) is 0 Å². The van der Waals surface area contributed by atoms with Crippen LogP contribution in [0.3, 0.4) is 0 Å². The molecule has 0 heterocycles. The van der Waals surface area contributed by atoms with Crippen molar-refractivity contribution in [1.82, 2.24) is 5.32 Å². The number of carbonyl (C=O) groups is 1. The molecule has 1 aromatic rings. The summed E-state index contributed by atoms with van der Waals surface area (Å²) in [6.07, 6.45) is 5.38. The molecule has 0 aromatic heterocycles. The first-order valence-corrected chi connectivity index (χ1v) is 7.33. The Bertz CT molecular complexity index is 459. The Hall–Kier alpha value is -1.81. The maximum Gasteiger partial charge on any atom is 0.407 e. The molecule has 3 N–H and O–H groups in total. The van der Waals surface area contributed by atoms with Crippen LogP contribution in [0.1, 0.15) is 38.3 Å². The number of benzene rings is 1. The van der Waals surface area contributed by atoms with Crippen molar-refractivity contribution < 1.29 is 9.53 Å². The molecule has 0 atom stereocenters. The molecule has 0 saturated carbocycles. The third-order valence-electron chi connectivity index (χ3n) is 2.70. The normalized spacial score (nSPS) is 11.6. The third kappa shape index (κ3) is 8.15. The van der Waals surface area contributed by atoms with Crippen molar-refractivity contribution in [2.24, 2.45) is 5.73 Å². The summed E-state index contributed by atoms with van der Waals surface area (Å²) in [4.78, 5) is 11.4. The lowest BCUT2D eigenvalue weighted by Gasteiger charge is -2.19. The number of hydrogen-bond acceptors (Lipinski definition) is 3. The van der Waals surface area contributed by atoms with Crippen LogP contribution in [0.2, 0.25) is 0 Å². The van der Waals surface area contributed by atoms with Crippen LogP contribution in [-0.4, -0.2) is 24.8 Å². The fourth-order valence-corrected chi connectivity index (χ4v) is 1.75. The number of hydrogen-bond donors (Lipinski definition) is 2. The van der Waals surface area contributed by atoms with E-state index in [2.05, 4.69) is 29.6 Å². The number of carbonyl (C=O) groups excluding carboxylic acids is 1. The van der Waals surface area contributed by atoms with E-state index in [9.17, 15) is 4.79 Å². The first-order chi connectivity index (χ1) is 9.90. The first kappa shape index (κ1) is 17.2. The third-order valence-corrected chi connectivity index (χ3v) is 2.70. The number of alkyl carbamates (subject to hydrolysis) is 1. The monoisotopic (exact) mass is 290 g/mol. The van der Waals surface area contributed by atoms with Gasteiger partial charge in [-0.25, -0.2) is 4.79 Å². The molecule has 1 rings (SSSR count). The summed E-state index contributed by atoms with van der Waals surface area (Å²) in [5.41, 5.74) is 7.46. The summed E-state index contributed by atoms with van der Waals surface area (Å²) >= 11 is 0. The number of rotatable bonds is 6. The molecule has 1 amide bonds. The lowest BCUT2D eigenvalue weighted by atomic mass is 10.1. The molecule has 0 aliphatic heterocycles. The standard InChI is InChI=1S/C17H26N2O2/c1-17(2,3)21-16(20)19-13-5-4-6-14-7-9-15(10-8-14)11-12-18/h4,6-10H,5,11-13,18H2,1-3H3,(H,19,20). The Labute approximate surface area is 127 Å². The van der Waals surface area contributed by atoms with Gasteiger partial charge < -0.3 is 15.8 Å². The highest BCUT2D eigenvalue weighted by Crippen LogP contribution is 2.08. The minimum Gasteiger partial charge on any atom is -0.444 e. The highest BCUT2D eigenvalue weighted by molar-refractivity contribution is 5.67. The summed E-state index contributed by atoms with van der Waals surface area (Å²) in [7, 11) is 0. The van der Waals surface area contributed by atoms with Gasteiger partial charge in [-0.1, -0.05) is 36.4 Å². The van der Waals surface area contributed by atoms with E-state index in [0.717, 1.165) is 18.4 Å². The maximum atomic E-state index is 11.4. The lowest BCUT2D eigenvalue weighted by molar-refractivity contribution is 0.0529. The molecule has 0 bridgehead atoms. The van der Waals surface area contributed by atoms with E-state index >= 15 is 0 Å². The van der Waals surface area contributed by atoms with E-state index in [0.29, 0.717) is 13.1 Å². The zero-order chi connectivity index (χ0) is 15.7. The van der Waals surface area contributed by atoms with Gasteiger partial charge in [-0.3, -0.25) is 0 Å². The van der Waals surface area contributed by atoms with Gasteiger partial charge >= 0.3 is 6.09 Å². The fourth-order valence-electron chi connectivity index (χ4n) is 1.75. The number of nitrogens with one attached hydrogen (secondary N) is 1. The smallest absolute Gasteiger partial charge is 0.407 e. The Morgan fingerprint density at radius 3 is 2.52 bits per heavy atom. The zero-order valence-corrected chi connectivity index (χ0v) is 13.2. The second-order valence-electron chi connectivity index (χ2n) is 5.90. The Kier molecular flexibility index (Phi) is 6.96. The van der Waals surface area contributed by atoms with Gasteiger partial charge in [-0.15, -0.1) is 0 Å². The predicted molar refractivity (Wildman–Crippen MR) is 87.1 cm³/mol. The first-order valence-electron chi connectivity index (χ1n) is 7.33. The predicted octanol–water partition coefficient (Wildman–Crippen LogP) is 3.12. The van der Waals surface area contributed by atoms with Crippen LogP contribution in [0.4, 0.5) is 4.79 Å². The molecule has 0 fully saturated rings. The van der Waals surface area contributed by atoms with Gasteiger partial charge in [0.15, 0.2) is 0 Å². The van der Waals surface area contributed by atoms with Crippen LogP contribution in [0.15, 0.2) is 30.3 Å². The molecule has 0 unspecified atom stereocenters. The molecule has 116 valence electrons. The highest BCUT2D eigenvalue weighted by atomic mass is 16.6. The van der Waals surface area contributed by atoms with Gasteiger partial charge in [-0.05, 0) is 51.3 Å². The largest absolute Gasteiger partial charge is 0.444 e. The Balaban J connectivity index is 2.27. The average molecular weight is 290 g/mol. The summed E-state index contributed by atoms with van der Waals surface area (Å²) in [6, 6.07) is 8.32. The number of nitrogens with two attached hydrogens (primary N) is 1. The van der Waals surface area contributed by atoms with Crippen molar-refractivity contribution in [3.63, 3.8) is 0 Å². The summed E-state index contributed by atoms with van der Waals surface area (Å²) in [5, 5.41) is 2.73. The maximum absolute atomic E-state index is 11.4. The van der Waals surface area contributed by atoms with Gasteiger partial charge in [0, 0.05) is 6.54 Å². The summed E-state index contributed by atoms with van der Waals surface area (Å²) < 4.78 is 5.15. The second-order valence-corrected chi connectivity index (χ2v) is 5.90. The van der Waals surface area contributed by atoms with E-state index in [1.54, 1.807) is 0 Å². The van der Waals surface area contributed by atoms with Gasteiger partial charge in [-0.2, -0.15) is 0 Å². The van der Waals surface area contributed by atoms with E-state index in [4.69, 9.17) is 10.5 Å². The van der Waals surface area contributed by atoms with Crippen LogP contribution in [-0.2, 0) is 11.2 Å². The van der Waals surface area contributed by atoms with E-state index in [1.807, 2.05) is 32.9 Å². The van der Waals surface area contributed by atoms with Crippen molar-refractivity contribution in [3.05, 3.63) is 41.5 Å². The quantitative estimate of drug-likeness (QED) is 0.791. The number of amides is 1. The van der Waals surface area contributed by atoms with Crippen LogP contribution < -0.4 is 11.1 Å². The highest BCUT2D eigenvalue weighted by Gasteiger charge is 2.14. The topological polar surface area (TPSA) is 64.3 Å². The summed E-state index contributed by atoms with van der Waals surface area (Å²) in [5.74, 6) is 0. The minimum atomic E-state index is -0.453. The van der Waals surface area contributed by atoms with E-state index < -0.39 is 5.60 Å². The SMILES string of the molecule is CC(C)(C)OC(=O)NCCC=Cc1ccc(CCN)cc1. The van der Waals surface area contributed by atoms with Crippen molar-refractivity contribution in [2.45, 2.75) is 39.2 Å². The molecule has 0 aliphatic carbocycles. The molecule has 4 heteroatoms. The molecule has 0 saturated heterocycles. The van der Waals surface area contributed by atoms with Crippen molar-refractivity contribution in [1.29, 1.82) is 0 Å². The van der Waals surface area contributed by atoms with E-state index in [-0.39, 0.29) is 6.09 Å². The molecular weight excluding hydrogens is 264 g/mol. The Morgan fingerprint density at radius 2 is 1.95 bits per heavy atom. The van der Waals surface area contributed by atoms with Crippen LogP contribution in [0.25, 0.3) is 6.08 Å². The molecule has 21 heavy (non-hydrogen) atoms. The van der Waals surface area contributed by atoms with Crippen molar-refractivity contribution >= 4 is 12.2 Å². The number of ether oxygens (including phenoxy) is 1. The van der Waals surface area contributed by atoms with Gasteiger partial charge in [0.1, 0.15) is 5.60 Å². The average Bonchev–Trinajstić information content (AvgIpc) is 2.38. The van der Waals surface area contributed by atoms with Gasteiger partial charge in [0.05, 0.1) is 0 Å². The van der Waals surface area contributed by atoms with Gasteiger partial charge in [0.2, 0.25) is 0 Å². The van der Waals surface area contributed by atoms with Crippen LogP contribution in [0.5, 0.6) is 0 Å². The molecule has 0 radical (unpaired) electrons. The van der Waals surface area contributed by atoms with Crippen molar-refractivity contribution in [3.8, 4) is 0 Å². The van der Waals surface area contributed by atoms with E-state index in [1.165, 1.54) is 5.56 Å². The van der Waals surface area contributed by atoms with Gasteiger partial charge in [0.25, 0.3) is 0 Å². The molecule has 0 spiro atoms. The molecular formula is C17H26N2O2. The Morgan fingerprint density at radius 1 is 1.29 bits per heavy atom. The molecule has 1 aromatic carbocycles. The second kappa shape index (κ2) is 8.47. The van der Waals surface area contributed by atoms with Crippen LogP contribution >= 0.6 is 0 Å². The fraction of sp³-hybridized carbons (Fsp3) is 0.471. The molecule has 4 nitrogen and oxygen atoms in total. The summed E-state index contributed by atoms with van der Waals surface area (Å²) in [6.45, 7) is 6.78. The minimum absolute atomic E-state index is 0.373. The lowest BCUT2D eigenvalue weighted by Crippen LogP contribution is -2.32. The zero-order valence-electron chi connectivity index (χ0n) is 13.2.